The molecule has 0 saturated carbocycles. The van der Waals surface area contributed by atoms with Gasteiger partial charge in [-0.2, -0.15) is 0 Å². The van der Waals surface area contributed by atoms with Crippen LogP contribution in [0.2, 0.25) is 0 Å². The minimum absolute atomic E-state index is 0.0956. The van der Waals surface area contributed by atoms with E-state index >= 15 is 0 Å². The van der Waals surface area contributed by atoms with Crippen LogP contribution in [0, 0.1) is 0 Å². The Balaban J connectivity index is 1.22. The number of aromatic nitrogens is 1. The summed E-state index contributed by atoms with van der Waals surface area (Å²) in [6.07, 6.45) is 4.79. The van der Waals surface area contributed by atoms with Gasteiger partial charge in [0.2, 0.25) is 0 Å². The van der Waals surface area contributed by atoms with Crippen molar-refractivity contribution >= 4 is 73.8 Å². The Kier molecular flexibility index (Phi) is 6.51. The number of benzene rings is 6. The van der Waals surface area contributed by atoms with Gasteiger partial charge in [-0.3, -0.25) is 0 Å². The molecule has 258 valence electrons. The molecule has 6 aromatic carbocycles. The molecule has 0 N–H and O–H groups in total. The van der Waals surface area contributed by atoms with E-state index in [-0.39, 0.29) is 12.4 Å². The number of fused-ring (bicyclic) bond motifs is 7. The van der Waals surface area contributed by atoms with E-state index in [4.69, 9.17) is 0 Å². The van der Waals surface area contributed by atoms with Crippen molar-refractivity contribution in [3.8, 4) is 5.69 Å². The van der Waals surface area contributed by atoms with E-state index in [1.165, 1.54) is 96.9 Å². The van der Waals surface area contributed by atoms with Gasteiger partial charge in [0.15, 0.2) is 0 Å². The van der Waals surface area contributed by atoms with Crippen molar-refractivity contribution in [2.45, 2.75) is 65.0 Å². The first-order valence-corrected chi connectivity index (χ1v) is 19.5. The highest BCUT2D eigenvalue weighted by Crippen LogP contribution is 2.55. The first kappa shape index (κ1) is 30.9. The van der Waals surface area contributed by atoms with Crippen LogP contribution in [0.25, 0.3) is 16.6 Å². The topological polar surface area (TPSA) is 14.7 Å². The second kappa shape index (κ2) is 11.2. The van der Waals surface area contributed by atoms with Crippen LogP contribution in [0.5, 0.6) is 0 Å². The zero-order valence-corrected chi connectivity index (χ0v) is 31.0. The Bertz CT molecular complexity index is 2600. The second-order valence-electron chi connectivity index (χ2n) is 16.2. The standard InChI is InChI=1S/C48H43BN4/c1-31(2)32-28-44-46-45(29-32)53-47-39(22-15-25-42(47)52(48(53,3)4)34-18-9-6-10-19-34)49(46)38-27-26-35(30-43(38)50(44)33-16-7-5-8-17-33)51-40-23-13-11-20-36(40)37-21-12-14-24-41(37)51/h5-11,13,15-20,22-23,25-31H,12,14,21,24H2,1-4H3. The monoisotopic (exact) mass is 686 g/mol. The summed E-state index contributed by atoms with van der Waals surface area (Å²) >= 11 is 0. The Labute approximate surface area is 313 Å². The molecule has 5 heteroatoms. The minimum atomic E-state index is -0.343. The summed E-state index contributed by atoms with van der Waals surface area (Å²) in [5, 5.41) is 1.41. The number of anilines is 7. The maximum Gasteiger partial charge on any atom is 0.252 e. The van der Waals surface area contributed by atoms with Gasteiger partial charge >= 0.3 is 0 Å². The molecule has 1 aliphatic carbocycles. The molecule has 4 aliphatic rings. The van der Waals surface area contributed by atoms with Crippen molar-refractivity contribution in [1.82, 2.24) is 4.57 Å². The van der Waals surface area contributed by atoms with E-state index < -0.39 is 0 Å². The van der Waals surface area contributed by atoms with Gasteiger partial charge in [0.05, 0.1) is 16.9 Å². The number of nitrogens with zero attached hydrogens (tertiary/aromatic N) is 4. The van der Waals surface area contributed by atoms with E-state index in [0.29, 0.717) is 5.92 Å². The van der Waals surface area contributed by atoms with Gasteiger partial charge in [-0.1, -0.05) is 86.6 Å². The van der Waals surface area contributed by atoms with Crippen LogP contribution in [-0.2, 0) is 12.8 Å². The van der Waals surface area contributed by atoms with Gasteiger partial charge in [0.25, 0.3) is 6.71 Å². The third-order valence-electron chi connectivity index (χ3n) is 12.5. The van der Waals surface area contributed by atoms with E-state index in [0.717, 1.165) is 12.8 Å². The average Bonchev–Trinajstić information content (AvgIpc) is 3.65. The molecule has 4 heterocycles. The van der Waals surface area contributed by atoms with Gasteiger partial charge in [-0.05, 0) is 134 Å². The fourth-order valence-corrected chi connectivity index (χ4v) is 10.3. The number of hydrogen-bond acceptors (Lipinski definition) is 3. The minimum Gasteiger partial charge on any atom is -0.317 e. The molecule has 4 nitrogen and oxygen atoms in total. The zero-order valence-electron chi connectivity index (χ0n) is 31.0. The third kappa shape index (κ3) is 4.19. The van der Waals surface area contributed by atoms with Crippen LogP contribution in [0.15, 0.2) is 133 Å². The molecule has 0 atom stereocenters. The lowest BCUT2D eigenvalue weighted by atomic mass is 9.33. The molecule has 0 radical (unpaired) electrons. The zero-order chi connectivity index (χ0) is 35.6. The highest BCUT2D eigenvalue weighted by Gasteiger charge is 2.53. The van der Waals surface area contributed by atoms with Gasteiger partial charge in [0, 0.05) is 45.2 Å². The average molecular weight is 687 g/mol. The summed E-state index contributed by atoms with van der Waals surface area (Å²) < 4.78 is 2.59. The van der Waals surface area contributed by atoms with Crippen LogP contribution < -0.4 is 31.1 Å². The van der Waals surface area contributed by atoms with E-state index in [1.807, 2.05) is 0 Å². The Morgan fingerprint density at radius 3 is 2.09 bits per heavy atom. The van der Waals surface area contributed by atoms with Crippen molar-refractivity contribution in [2.75, 3.05) is 14.7 Å². The van der Waals surface area contributed by atoms with Gasteiger partial charge in [-0.15, -0.1) is 0 Å². The molecular weight excluding hydrogens is 643 g/mol. The predicted octanol–water partition coefficient (Wildman–Crippen LogP) is 10.3. The maximum atomic E-state index is 2.66. The first-order chi connectivity index (χ1) is 25.9. The summed E-state index contributed by atoms with van der Waals surface area (Å²) in [6.45, 7) is 9.54. The molecule has 11 rings (SSSR count). The van der Waals surface area contributed by atoms with Crippen molar-refractivity contribution in [2.24, 2.45) is 0 Å². The quantitative estimate of drug-likeness (QED) is 0.171. The Morgan fingerprint density at radius 2 is 1.30 bits per heavy atom. The second-order valence-corrected chi connectivity index (χ2v) is 16.2. The van der Waals surface area contributed by atoms with E-state index in [9.17, 15) is 0 Å². The smallest absolute Gasteiger partial charge is 0.252 e. The fourth-order valence-electron chi connectivity index (χ4n) is 10.3. The van der Waals surface area contributed by atoms with Crippen molar-refractivity contribution in [1.29, 1.82) is 0 Å². The summed E-state index contributed by atoms with van der Waals surface area (Å²) in [5.41, 5.74) is 19.6. The van der Waals surface area contributed by atoms with Crippen LogP contribution in [0.4, 0.5) is 39.8 Å². The number of rotatable bonds is 4. The molecule has 1 aromatic heterocycles. The third-order valence-corrected chi connectivity index (χ3v) is 12.5. The first-order valence-electron chi connectivity index (χ1n) is 19.5. The van der Waals surface area contributed by atoms with Gasteiger partial charge < -0.3 is 19.3 Å². The molecule has 3 aliphatic heterocycles. The fraction of sp³-hybridized carbons (Fsp3) is 0.208. The molecule has 0 bridgehead atoms. The van der Waals surface area contributed by atoms with Crippen molar-refractivity contribution < 1.29 is 0 Å². The molecule has 53 heavy (non-hydrogen) atoms. The summed E-state index contributed by atoms with van der Waals surface area (Å²) in [6, 6.07) is 50.5. The number of aryl methyl sites for hydroxylation is 1. The van der Waals surface area contributed by atoms with Crippen molar-refractivity contribution in [3.05, 3.63) is 150 Å². The lowest BCUT2D eigenvalue weighted by molar-refractivity contribution is 0.540. The molecule has 0 spiro atoms. The molecule has 0 unspecified atom stereocenters. The Hall–Kier alpha value is -5.68. The van der Waals surface area contributed by atoms with E-state index in [2.05, 4.69) is 180 Å². The molecule has 0 fully saturated rings. The normalized spacial score (nSPS) is 16.2. The number of para-hydroxylation sites is 4. The van der Waals surface area contributed by atoms with Gasteiger partial charge in [-0.25, -0.2) is 0 Å². The van der Waals surface area contributed by atoms with Crippen molar-refractivity contribution in [3.63, 3.8) is 0 Å². The molecule has 0 amide bonds. The van der Waals surface area contributed by atoms with Crippen LogP contribution in [0.1, 0.15) is 63.3 Å². The highest BCUT2D eigenvalue weighted by atomic mass is 15.5. The molecule has 0 saturated heterocycles. The van der Waals surface area contributed by atoms with E-state index in [1.54, 1.807) is 5.56 Å². The van der Waals surface area contributed by atoms with Crippen LogP contribution in [-0.4, -0.2) is 16.9 Å². The van der Waals surface area contributed by atoms with Gasteiger partial charge in [0.1, 0.15) is 5.66 Å². The Morgan fingerprint density at radius 1 is 0.585 bits per heavy atom. The summed E-state index contributed by atoms with van der Waals surface area (Å²) in [5.74, 6) is 0.366. The van der Waals surface area contributed by atoms with Crippen LogP contribution >= 0.6 is 0 Å². The molecule has 7 aromatic rings. The maximum absolute atomic E-state index is 2.66. The summed E-state index contributed by atoms with van der Waals surface area (Å²) in [7, 11) is 0. The lowest BCUT2D eigenvalue weighted by Crippen LogP contribution is -2.63. The SMILES string of the molecule is CC(C)c1cc2c3c(c1)N1c4c(cccc4N(c4ccccc4)C1(C)C)B3c1ccc(-n3c4c(c5ccccc53)CCCC4)cc1N2c1ccccc1. The highest BCUT2D eigenvalue weighted by molar-refractivity contribution is 7.00. The van der Waals surface area contributed by atoms with Crippen LogP contribution in [0.3, 0.4) is 0 Å². The number of hydrogen-bond donors (Lipinski definition) is 0. The largest absolute Gasteiger partial charge is 0.317 e. The lowest BCUT2D eigenvalue weighted by Gasteiger charge is -2.47. The predicted molar refractivity (Wildman–Crippen MR) is 225 cm³/mol. The summed E-state index contributed by atoms with van der Waals surface area (Å²) in [4.78, 5) is 7.79. The molecular formula is C48H43BN4.